The van der Waals surface area contributed by atoms with E-state index in [1.54, 1.807) is 0 Å². The first-order chi connectivity index (χ1) is 8.38. The van der Waals surface area contributed by atoms with Gasteiger partial charge in [0, 0.05) is 0 Å². The molecule has 1 aromatic rings. The number of ether oxygens (including phenoxy) is 2. The molecule has 18 heavy (non-hydrogen) atoms. The topological polar surface area (TPSA) is 91.5 Å². The number of hydrogen-bond donors (Lipinski definition) is 1. The van der Waals surface area contributed by atoms with Gasteiger partial charge in [0.25, 0.3) is 0 Å². The normalized spacial score (nSPS) is 15.8. The predicted octanol–water partition coefficient (Wildman–Crippen LogP) is 1.06. The number of rotatable bonds is 5. The summed E-state index contributed by atoms with van der Waals surface area (Å²) in [5.74, 6) is 0.479. The summed E-state index contributed by atoms with van der Waals surface area (Å²) in [4.78, 5) is 3.70. The van der Waals surface area contributed by atoms with Crippen molar-refractivity contribution in [2.24, 2.45) is 5.14 Å². The molecule has 0 aliphatic heterocycles. The minimum atomic E-state index is -3.88. The van der Waals surface area contributed by atoms with Crippen molar-refractivity contribution in [1.29, 1.82) is 0 Å². The van der Waals surface area contributed by atoms with Crippen molar-refractivity contribution in [3.63, 3.8) is 0 Å². The number of sulfonamides is 1. The van der Waals surface area contributed by atoms with Gasteiger partial charge in [0.1, 0.15) is 4.90 Å². The van der Waals surface area contributed by atoms with E-state index in [1.165, 1.54) is 12.4 Å². The Bertz CT molecular complexity index is 538. The maximum atomic E-state index is 11.5. The third-order valence-electron chi connectivity index (χ3n) is 2.31. The second-order valence-electron chi connectivity index (χ2n) is 4.49. The first-order valence-electron chi connectivity index (χ1n) is 5.72. The molecule has 1 fully saturated rings. The predicted molar refractivity (Wildman–Crippen MR) is 65.0 cm³/mol. The molecule has 0 radical (unpaired) electrons. The zero-order chi connectivity index (χ0) is 13.3. The smallest absolute Gasteiger partial charge is 0.243 e. The summed E-state index contributed by atoms with van der Waals surface area (Å²) in [6.07, 6.45) is 4.37. The molecule has 1 aliphatic rings. The molecule has 0 unspecified atom stereocenters. The second kappa shape index (κ2) is 4.74. The Morgan fingerprint density at radius 1 is 1.39 bits per heavy atom. The average molecular weight is 272 g/mol. The first kappa shape index (κ1) is 13.1. The van der Waals surface area contributed by atoms with Crippen molar-refractivity contribution in [3.05, 3.63) is 12.4 Å². The third-order valence-corrected chi connectivity index (χ3v) is 3.21. The fourth-order valence-electron chi connectivity index (χ4n) is 1.42. The number of pyridine rings is 1. The molecular weight excluding hydrogens is 256 g/mol. The Balaban J connectivity index is 2.44. The minimum Gasteiger partial charge on any atom is -0.485 e. The molecule has 1 aliphatic carbocycles. The molecule has 100 valence electrons. The Kier molecular flexibility index (Phi) is 3.45. The van der Waals surface area contributed by atoms with Gasteiger partial charge in [-0.3, -0.25) is 4.98 Å². The summed E-state index contributed by atoms with van der Waals surface area (Å²) in [6.45, 7) is 3.68. The lowest BCUT2D eigenvalue weighted by molar-refractivity contribution is 0.213. The quantitative estimate of drug-likeness (QED) is 0.865. The van der Waals surface area contributed by atoms with E-state index in [2.05, 4.69) is 4.98 Å². The van der Waals surface area contributed by atoms with E-state index < -0.39 is 10.0 Å². The number of nitrogens with zero attached hydrogens (tertiary/aromatic N) is 1. The lowest BCUT2D eigenvalue weighted by Crippen LogP contribution is -2.16. The van der Waals surface area contributed by atoms with Gasteiger partial charge in [-0.2, -0.15) is 0 Å². The van der Waals surface area contributed by atoms with E-state index in [9.17, 15) is 8.42 Å². The number of aromatic nitrogens is 1. The molecule has 1 saturated carbocycles. The Morgan fingerprint density at radius 2 is 2.06 bits per heavy atom. The van der Waals surface area contributed by atoms with Gasteiger partial charge in [0.05, 0.1) is 24.6 Å². The Hall–Kier alpha value is -1.34. The van der Waals surface area contributed by atoms with Crippen LogP contribution in [0.5, 0.6) is 11.5 Å². The van der Waals surface area contributed by atoms with Crippen molar-refractivity contribution in [2.75, 3.05) is 0 Å². The average Bonchev–Trinajstić information content (AvgIpc) is 3.02. The van der Waals surface area contributed by atoms with Gasteiger partial charge in [-0.1, -0.05) is 0 Å². The van der Waals surface area contributed by atoms with Crippen molar-refractivity contribution >= 4 is 10.0 Å². The van der Waals surface area contributed by atoms with Crippen LogP contribution in [0.3, 0.4) is 0 Å². The van der Waals surface area contributed by atoms with Crippen LogP contribution in [0.1, 0.15) is 26.7 Å². The Labute approximate surface area is 106 Å². The second-order valence-corrected chi connectivity index (χ2v) is 6.02. The number of hydrogen-bond acceptors (Lipinski definition) is 5. The number of primary sulfonamides is 1. The zero-order valence-electron chi connectivity index (χ0n) is 10.3. The van der Waals surface area contributed by atoms with Crippen molar-refractivity contribution < 1.29 is 17.9 Å². The molecule has 0 saturated heterocycles. The molecule has 2 N–H and O–H groups in total. The number of nitrogens with two attached hydrogens (primary N) is 1. The highest BCUT2D eigenvalue weighted by Gasteiger charge is 2.29. The van der Waals surface area contributed by atoms with E-state index in [1.807, 2.05) is 13.8 Å². The molecule has 0 spiro atoms. The van der Waals surface area contributed by atoms with Crippen LogP contribution in [0.4, 0.5) is 0 Å². The van der Waals surface area contributed by atoms with E-state index in [0.717, 1.165) is 12.8 Å². The standard InChI is InChI=1S/C11H16N2O4S/c1-7(2)16-9-5-13-6-10(18(12,14)15)11(9)17-8-3-4-8/h5-8H,3-4H2,1-2H3,(H2,12,14,15). The van der Waals surface area contributed by atoms with Gasteiger partial charge in [0.15, 0.2) is 11.5 Å². The highest BCUT2D eigenvalue weighted by molar-refractivity contribution is 7.89. The van der Waals surface area contributed by atoms with Crippen LogP contribution in [0.25, 0.3) is 0 Å². The highest BCUT2D eigenvalue weighted by atomic mass is 32.2. The van der Waals surface area contributed by atoms with Crippen molar-refractivity contribution in [1.82, 2.24) is 4.98 Å². The maximum Gasteiger partial charge on any atom is 0.243 e. The molecule has 0 bridgehead atoms. The van der Waals surface area contributed by atoms with Gasteiger partial charge in [-0.15, -0.1) is 0 Å². The molecular formula is C11H16N2O4S. The van der Waals surface area contributed by atoms with E-state index in [0.29, 0.717) is 5.75 Å². The SMILES string of the molecule is CC(C)Oc1cncc(S(N)(=O)=O)c1OC1CC1. The molecule has 0 amide bonds. The molecule has 1 aromatic heterocycles. The van der Waals surface area contributed by atoms with Gasteiger partial charge < -0.3 is 9.47 Å². The van der Waals surface area contributed by atoms with Crippen LogP contribution in [0.2, 0.25) is 0 Å². The van der Waals surface area contributed by atoms with Gasteiger partial charge in [0.2, 0.25) is 10.0 Å². The van der Waals surface area contributed by atoms with Gasteiger partial charge in [-0.05, 0) is 26.7 Å². The monoisotopic (exact) mass is 272 g/mol. The van der Waals surface area contributed by atoms with Crippen LogP contribution in [-0.2, 0) is 10.0 Å². The van der Waals surface area contributed by atoms with E-state index >= 15 is 0 Å². The lowest BCUT2D eigenvalue weighted by atomic mass is 10.4. The van der Waals surface area contributed by atoms with Crippen LogP contribution < -0.4 is 14.6 Å². The highest BCUT2D eigenvalue weighted by Crippen LogP contribution is 2.37. The Morgan fingerprint density at radius 3 is 2.56 bits per heavy atom. The maximum absolute atomic E-state index is 11.5. The third kappa shape index (κ3) is 3.11. The van der Waals surface area contributed by atoms with E-state index in [-0.39, 0.29) is 22.9 Å². The molecule has 2 rings (SSSR count). The van der Waals surface area contributed by atoms with E-state index in [4.69, 9.17) is 14.6 Å². The first-order valence-corrected chi connectivity index (χ1v) is 7.26. The van der Waals surface area contributed by atoms with Crippen LogP contribution in [-0.4, -0.2) is 25.6 Å². The van der Waals surface area contributed by atoms with Crippen molar-refractivity contribution in [2.45, 2.75) is 43.8 Å². The van der Waals surface area contributed by atoms with Crippen LogP contribution in [0, 0.1) is 0 Å². The largest absolute Gasteiger partial charge is 0.485 e. The summed E-state index contributed by atoms with van der Waals surface area (Å²) in [7, 11) is -3.88. The molecule has 1 heterocycles. The fraction of sp³-hybridized carbons (Fsp3) is 0.545. The molecule has 0 aromatic carbocycles. The van der Waals surface area contributed by atoms with Crippen molar-refractivity contribution in [3.8, 4) is 11.5 Å². The van der Waals surface area contributed by atoms with Crippen LogP contribution in [0.15, 0.2) is 17.3 Å². The summed E-state index contributed by atoms with van der Waals surface area (Å²) < 4.78 is 34.1. The minimum absolute atomic E-state index is 0.0439. The van der Waals surface area contributed by atoms with Gasteiger partial charge >= 0.3 is 0 Å². The summed E-state index contributed by atoms with van der Waals surface area (Å²) >= 11 is 0. The zero-order valence-corrected chi connectivity index (χ0v) is 11.1. The summed E-state index contributed by atoms with van der Waals surface area (Å²) in [6, 6.07) is 0. The summed E-state index contributed by atoms with van der Waals surface area (Å²) in [5.41, 5.74) is 0. The summed E-state index contributed by atoms with van der Waals surface area (Å²) in [5, 5.41) is 5.15. The fourth-order valence-corrected chi connectivity index (χ4v) is 2.04. The van der Waals surface area contributed by atoms with Crippen LogP contribution >= 0.6 is 0 Å². The van der Waals surface area contributed by atoms with Gasteiger partial charge in [-0.25, -0.2) is 13.6 Å². The molecule has 6 nitrogen and oxygen atoms in total. The molecule has 7 heteroatoms. The molecule has 0 atom stereocenters. The lowest BCUT2D eigenvalue weighted by Gasteiger charge is -2.16.